The van der Waals surface area contributed by atoms with Crippen LogP contribution in [-0.4, -0.2) is 68.0 Å². The highest BCUT2D eigenvalue weighted by atomic mass is 28.3. The quantitative estimate of drug-likeness (QED) is 0.0624. The zero-order valence-electron chi connectivity index (χ0n) is 38.2. The van der Waals surface area contributed by atoms with Crippen LogP contribution in [0.15, 0.2) is 120 Å². The third-order valence-electron chi connectivity index (χ3n) is 13.7. The molecular formula is C54H48N4O9Si. The van der Waals surface area contributed by atoms with Gasteiger partial charge in [-0.2, -0.15) is 0 Å². The first-order valence-corrected chi connectivity index (χ1v) is 25.6. The standard InChI is InChI=1S/C54H48N4O9Si/c1-29-22-33(6-12-39(29)50-40-13-8-35(55)24-48(40)68(4,5)49-25-36(56)9-14-41(49)50)51(61)57-28-32-18-20-58(21-19-32)52(62)34-7-15-43-42(23-34)53(63)67-54(43)44-16-10-37(64-30(2)59)26-46(44)66-47-27-38(65-31(3)60)11-17-45(47)54/h6-17,22-27,32,55H,18-21,28,56H2,1-5H3,(H,57,61). The van der Waals surface area contributed by atoms with Crippen molar-refractivity contribution in [3.05, 3.63) is 170 Å². The Labute approximate surface area is 393 Å². The van der Waals surface area contributed by atoms with E-state index in [1.807, 2.05) is 43.3 Å². The number of anilines is 1. The van der Waals surface area contributed by atoms with Gasteiger partial charge in [0, 0.05) is 79.1 Å². The van der Waals surface area contributed by atoms with Gasteiger partial charge in [0.1, 0.15) is 31.1 Å². The van der Waals surface area contributed by atoms with Gasteiger partial charge >= 0.3 is 17.9 Å². The summed E-state index contributed by atoms with van der Waals surface area (Å²) in [6.45, 7) is 10.6. The van der Waals surface area contributed by atoms with Gasteiger partial charge in [-0.1, -0.05) is 37.4 Å². The van der Waals surface area contributed by atoms with Crippen LogP contribution in [0, 0.1) is 18.3 Å². The van der Waals surface area contributed by atoms with Crippen LogP contribution < -0.4 is 30.4 Å². The molecule has 2 amide bonds. The molecular weight excluding hydrogens is 877 g/mol. The van der Waals surface area contributed by atoms with Gasteiger partial charge in [-0.05, 0) is 137 Å². The van der Waals surface area contributed by atoms with Gasteiger partial charge in [-0.15, -0.1) is 0 Å². The highest BCUT2D eigenvalue weighted by Crippen LogP contribution is 2.57. The highest BCUT2D eigenvalue weighted by Gasteiger charge is 2.54. The molecule has 4 N–H and O–H groups in total. The summed E-state index contributed by atoms with van der Waals surface area (Å²) >= 11 is 0. The van der Waals surface area contributed by atoms with Gasteiger partial charge in [0.2, 0.25) is 0 Å². The third kappa shape index (κ3) is 7.41. The molecule has 10 rings (SSSR count). The molecule has 68 heavy (non-hydrogen) atoms. The molecule has 1 saturated heterocycles. The second-order valence-corrected chi connectivity index (χ2v) is 22.8. The molecule has 13 nitrogen and oxygen atoms in total. The molecule has 5 aromatic rings. The van der Waals surface area contributed by atoms with Crippen molar-refractivity contribution in [3.8, 4) is 23.0 Å². The summed E-state index contributed by atoms with van der Waals surface area (Å²) in [4.78, 5) is 66.9. The summed E-state index contributed by atoms with van der Waals surface area (Å²) in [6, 6.07) is 26.5. The number of ether oxygens (including phenoxy) is 4. The van der Waals surface area contributed by atoms with Crippen LogP contribution in [0.25, 0.3) is 5.57 Å². The van der Waals surface area contributed by atoms with E-state index in [9.17, 15) is 24.0 Å². The summed E-state index contributed by atoms with van der Waals surface area (Å²) in [7, 11) is -2.16. The van der Waals surface area contributed by atoms with Crippen molar-refractivity contribution in [1.82, 2.24) is 10.2 Å². The summed E-state index contributed by atoms with van der Waals surface area (Å²) < 4.78 is 23.2. The smallest absolute Gasteiger partial charge is 0.340 e. The second-order valence-electron chi connectivity index (χ2n) is 18.5. The molecule has 0 atom stereocenters. The topological polar surface area (TPSA) is 187 Å². The number of benzene rings is 5. The maximum atomic E-state index is 14.0. The largest absolute Gasteiger partial charge is 0.456 e. The molecule has 5 aromatic carbocycles. The Balaban J connectivity index is 0.830. The Hall–Kier alpha value is -7.84. The Morgan fingerprint density at radius 2 is 1.43 bits per heavy atom. The minimum Gasteiger partial charge on any atom is -0.456 e. The molecule has 0 unspecified atom stereocenters. The third-order valence-corrected chi connectivity index (χ3v) is 17.2. The van der Waals surface area contributed by atoms with Crippen LogP contribution in [0.4, 0.5) is 5.69 Å². The van der Waals surface area contributed by atoms with Crippen LogP contribution in [0.3, 0.4) is 0 Å². The van der Waals surface area contributed by atoms with Gasteiger partial charge in [-0.3, -0.25) is 19.2 Å². The number of fused-ring (bicyclic) bond motifs is 8. The van der Waals surface area contributed by atoms with Crippen molar-refractivity contribution in [3.63, 3.8) is 0 Å². The van der Waals surface area contributed by atoms with Crippen molar-refractivity contribution in [2.75, 3.05) is 25.4 Å². The molecule has 14 heteroatoms. The predicted molar refractivity (Wildman–Crippen MR) is 258 cm³/mol. The van der Waals surface area contributed by atoms with Gasteiger partial charge in [0.25, 0.3) is 11.8 Å². The van der Waals surface area contributed by atoms with E-state index < -0.39 is 31.6 Å². The van der Waals surface area contributed by atoms with E-state index in [-0.39, 0.29) is 46.3 Å². The van der Waals surface area contributed by atoms with Crippen LogP contribution >= 0.6 is 0 Å². The lowest BCUT2D eigenvalue weighted by Crippen LogP contribution is -2.49. The van der Waals surface area contributed by atoms with Gasteiger partial charge in [0.15, 0.2) is 5.60 Å². The zero-order valence-corrected chi connectivity index (χ0v) is 39.2. The summed E-state index contributed by atoms with van der Waals surface area (Å²) in [6.07, 6.45) is 7.25. The summed E-state index contributed by atoms with van der Waals surface area (Å²) in [5.74, 6) is -0.955. The predicted octanol–water partition coefficient (Wildman–Crippen LogP) is 8.06. The lowest BCUT2D eigenvalue weighted by atomic mass is 9.77. The van der Waals surface area contributed by atoms with E-state index in [1.165, 1.54) is 36.4 Å². The van der Waals surface area contributed by atoms with E-state index in [2.05, 4.69) is 36.6 Å². The van der Waals surface area contributed by atoms with Gasteiger partial charge in [-0.25, -0.2) is 4.79 Å². The fourth-order valence-corrected chi connectivity index (χ4v) is 13.5. The van der Waals surface area contributed by atoms with E-state index in [1.54, 1.807) is 47.4 Å². The Morgan fingerprint density at radius 1 is 0.794 bits per heavy atom. The number of carbonyl (C=O) groups is 5. The molecule has 1 spiro atoms. The fourth-order valence-electron chi connectivity index (χ4n) is 10.4. The van der Waals surface area contributed by atoms with Crippen molar-refractivity contribution in [2.45, 2.75) is 52.3 Å². The maximum Gasteiger partial charge on any atom is 0.340 e. The second kappa shape index (κ2) is 16.5. The van der Waals surface area contributed by atoms with E-state index >= 15 is 0 Å². The van der Waals surface area contributed by atoms with Crippen LogP contribution in [0.5, 0.6) is 23.0 Å². The molecule has 1 aliphatic carbocycles. The Kier molecular flexibility index (Phi) is 10.7. The molecule has 4 aliphatic heterocycles. The van der Waals surface area contributed by atoms with Crippen molar-refractivity contribution < 1.29 is 42.9 Å². The SMILES string of the molecule is CC(=O)Oc1ccc2c(c1)Oc1cc(OC(C)=O)ccc1C21OC(=O)c2cc(C(=O)N3CCC(CNC(=O)c4ccc(C5=C6C=CC(=N)C=C6[Si](C)(C)c6cc(N)ccc65)c(C)c4)CC3)ccc21. The van der Waals surface area contributed by atoms with Crippen molar-refractivity contribution in [1.29, 1.82) is 5.41 Å². The van der Waals surface area contributed by atoms with E-state index in [0.29, 0.717) is 71.7 Å². The van der Waals surface area contributed by atoms with E-state index in [0.717, 1.165) is 27.8 Å². The number of nitrogens with two attached hydrogens (primary N) is 1. The molecule has 342 valence electrons. The number of rotatable bonds is 7. The lowest BCUT2D eigenvalue weighted by Gasteiger charge is -2.38. The average Bonchev–Trinajstić information content (AvgIpc) is 3.59. The fraction of sp³-hybridized carbons (Fsp3) is 0.222. The number of carbonyl (C=O) groups excluding carboxylic acids is 5. The van der Waals surface area contributed by atoms with Crippen LogP contribution in [0.1, 0.15) is 91.1 Å². The van der Waals surface area contributed by atoms with Crippen LogP contribution in [-0.2, 0) is 19.9 Å². The Bertz CT molecular complexity index is 3130. The minimum atomic E-state index is -2.16. The molecule has 0 bridgehead atoms. The molecule has 5 aliphatic rings. The zero-order chi connectivity index (χ0) is 47.8. The molecule has 0 radical (unpaired) electrons. The maximum absolute atomic E-state index is 14.0. The lowest BCUT2D eigenvalue weighted by molar-refractivity contribution is -0.132. The number of allylic oxidation sites excluding steroid dienone is 5. The first kappa shape index (κ1) is 44.0. The van der Waals surface area contributed by atoms with Crippen molar-refractivity contribution in [2.24, 2.45) is 5.92 Å². The van der Waals surface area contributed by atoms with Crippen molar-refractivity contribution >= 4 is 60.0 Å². The molecule has 1 fully saturated rings. The summed E-state index contributed by atoms with van der Waals surface area (Å²) in [5, 5.41) is 14.0. The Morgan fingerprint density at radius 3 is 2.07 bits per heavy atom. The van der Waals surface area contributed by atoms with Crippen LogP contribution in [0.2, 0.25) is 13.1 Å². The first-order chi connectivity index (χ1) is 32.5. The monoisotopic (exact) mass is 924 g/mol. The molecule has 0 aromatic heterocycles. The number of nitrogens with one attached hydrogen (secondary N) is 2. The number of hydrogen-bond acceptors (Lipinski definition) is 11. The first-order valence-electron chi connectivity index (χ1n) is 22.6. The number of nitrogens with zero attached hydrogens (tertiary/aromatic N) is 1. The number of hydrogen-bond donors (Lipinski definition) is 3. The summed E-state index contributed by atoms with van der Waals surface area (Å²) in [5.41, 5.74) is 13.9. The molecule has 0 saturated carbocycles. The number of esters is 3. The van der Waals surface area contributed by atoms with Gasteiger partial charge < -0.3 is 40.3 Å². The molecule has 4 heterocycles. The average molecular weight is 925 g/mol. The highest BCUT2D eigenvalue weighted by molar-refractivity contribution is 6.98. The number of likely N-dealkylation sites (tertiary alicyclic amines) is 1. The number of aryl methyl sites for hydroxylation is 1. The minimum absolute atomic E-state index is 0.155. The number of amides is 2. The van der Waals surface area contributed by atoms with Gasteiger partial charge in [0.05, 0.1) is 11.3 Å². The van der Waals surface area contributed by atoms with E-state index in [4.69, 9.17) is 30.1 Å². The normalized spacial score (nSPS) is 17.1. The number of piperidine rings is 1. The number of nitrogen functional groups attached to an aromatic ring is 1.